The molecule has 0 bridgehead atoms. The number of rotatable bonds is 2. The van der Waals surface area contributed by atoms with Gasteiger partial charge in [-0.1, -0.05) is 59.7 Å². The number of nitrogens with one attached hydrogen (secondary N) is 1. The number of hydrogen-bond donors (Lipinski definition) is 1. The first-order valence-electron chi connectivity index (χ1n) is 7.61. The zero-order chi connectivity index (χ0) is 13.9. The first-order valence-corrected chi connectivity index (χ1v) is 7.61. The Bertz CT molecular complexity index is 502. The minimum atomic E-state index is 0.496. The van der Waals surface area contributed by atoms with Gasteiger partial charge in [-0.2, -0.15) is 0 Å². The molecule has 1 N–H and O–H groups in total. The Balaban J connectivity index is 1.76. The van der Waals surface area contributed by atoms with E-state index in [0.717, 1.165) is 0 Å². The Hall–Kier alpha value is -1.60. The van der Waals surface area contributed by atoms with Gasteiger partial charge in [0, 0.05) is 12.1 Å². The average Bonchev–Trinajstić information content (AvgIpc) is 2.49. The molecule has 0 saturated carbocycles. The Morgan fingerprint density at radius 1 is 0.700 bits per heavy atom. The SMILES string of the molecule is Cc1ccc(C2CCC[C@H](c3ccc(C)cc3)N2)cc1. The molecule has 1 heterocycles. The van der Waals surface area contributed by atoms with Crippen molar-refractivity contribution in [2.24, 2.45) is 0 Å². The van der Waals surface area contributed by atoms with E-state index in [1.165, 1.54) is 41.5 Å². The molecule has 2 aromatic rings. The third-order valence-electron chi connectivity index (χ3n) is 4.35. The molecule has 0 aromatic heterocycles. The van der Waals surface area contributed by atoms with Crippen LogP contribution in [0.4, 0.5) is 0 Å². The molecule has 0 radical (unpaired) electrons. The molecule has 0 spiro atoms. The van der Waals surface area contributed by atoms with Crippen LogP contribution in [0.5, 0.6) is 0 Å². The fraction of sp³-hybridized carbons (Fsp3) is 0.368. The van der Waals surface area contributed by atoms with Crippen molar-refractivity contribution in [1.29, 1.82) is 0 Å². The number of piperidine rings is 1. The highest BCUT2D eigenvalue weighted by atomic mass is 15.0. The Kier molecular flexibility index (Phi) is 3.88. The van der Waals surface area contributed by atoms with Gasteiger partial charge in [0.15, 0.2) is 0 Å². The van der Waals surface area contributed by atoms with E-state index < -0.39 is 0 Å². The fourth-order valence-electron chi connectivity index (χ4n) is 3.06. The molecular weight excluding hydrogens is 242 g/mol. The van der Waals surface area contributed by atoms with Crippen molar-refractivity contribution in [3.8, 4) is 0 Å². The van der Waals surface area contributed by atoms with Crippen LogP contribution in [0.1, 0.15) is 53.6 Å². The van der Waals surface area contributed by atoms with Gasteiger partial charge in [0.2, 0.25) is 0 Å². The van der Waals surface area contributed by atoms with Crippen LogP contribution >= 0.6 is 0 Å². The summed E-state index contributed by atoms with van der Waals surface area (Å²) in [6.07, 6.45) is 3.78. The lowest BCUT2D eigenvalue weighted by Crippen LogP contribution is -2.30. The van der Waals surface area contributed by atoms with Crippen molar-refractivity contribution in [2.45, 2.75) is 45.2 Å². The van der Waals surface area contributed by atoms with Crippen LogP contribution < -0.4 is 5.32 Å². The van der Waals surface area contributed by atoms with Crippen LogP contribution in [-0.2, 0) is 0 Å². The van der Waals surface area contributed by atoms with Crippen LogP contribution in [0.15, 0.2) is 48.5 Å². The van der Waals surface area contributed by atoms with E-state index >= 15 is 0 Å². The quantitative estimate of drug-likeness (QED) is 0.817. The Labute approximate surface area is 122 Å². The predicted molar refractivity (Wildman–Crippen MR) is 84.8 cm³/mol. The molecule has 1 unspecified atom stereocenters. The van der Waals surface area contributed by atoms with E-state index in [2.05, 4.69) is 67.7 Å². The molecule has 1 saturated heterocycles. The van der Waals surface area contributed by atoms with E-state index in [4.69, 9.17) is 0 Å². The van der Waals surface area contributed by atoms with Crippen molar-refractivity contribution in [3.05, 3.63) is 70.8 Å². The largest absolute Gasteiger partial charge is 0.303 e. The number of benzene rings is 2. The van der Waals surface area contributed by atoms with Crippen LogP contribution in [0.3, 0.4) is 0 Å². The van der Waals surface area contributed by atoms with Gasteiger partial charge in [-0.15, -0.1) is 0 Å². The predicted octanol–water partition coefficient (Wildman–Crippen LogP) is 4.86. The van der Waals surface area contributed by atoms with Crippen molar-refractivity contribution in [2.75, 3.05) is 0 Å². The molecule has 20 heavy (non-hydrogen) atoms. The smallest absolute Gasteiger partial charge is 0.0325 e. The monoisotopic (exact) mass is 265 g/mol. The second-order valence-corrected chi connectivity index (χ2v) is 6.02. The van der Waals surface area contributed by atoms with Gasteiger partial charge < -0.3 is 5.32 Å². The summed E-state index contributed by atoms with van der Waals surface area (Å²) in [5.74, 6) is 0. The fourth-order valence-corrected chi connectivity index (χ4v) is 3.06. The first-order chi connectivity index (χ1) is 9.72. The molecule has 1 heteroatoms. The summed E-state index contributed by atoms with van der Waals surface area (Å²) in [4.78, 5) is 0. The van der Waals surface area contributed by atoms with Crippen LogP contribution in [-0.4, -0.2) is 0 Å². The van der Waals surface area contributed by atoms with E-state index in [-0.39, 0.29) is 0 Å². The lowest BCUT2D eigenvalue weighted by atomic mass is 9.90. The third-order valence-corrected chi connectivity index (χ3v) is 4.35. The minimum Gasteiger partial charge on any atom is -0.303 e. The van der Waals surface area contributed by atoms with Gasteiger partial charge in [-0.05, 0) is 44.2 Å². The van der Waals surface area contributed by atoms with Crippen molar-refractivity contribution in [1.82, 2.24) is 5.32 Å². The van der Waals surface area contributed by atoms with Crippen molar-refractivity contribution >= 4 is 0 Å². The summed E-state index contributed by atoms with van der Waals surface area (Å²) in [5.41, 5.74) is 5.51. The lowest BCUT2D eigenvalue weighted by molar-refractivity contribution is 0.330. The summed E-state index contributed by atoms with van der Waals surface area (Å²) < 4.78 is 0. The molecule has 2 atom stereocenters. The van der Waals surface area contributed by atoms with Crippen LogP contribution in [0.25, 0.3) is 0 Å². The second kappa shape index (κ2) is 5.80. The molecule has 1 fully saturated rings. The zero-order valence-electron chi connectivity index (χ0n) is 12.4. The molecule has 2 aromatic carbocycles. The highest BCUT2D eigenvalue weighted by Crippen LogP contribution is 2.32. The highest BCUT2D eigenvalue weighted by molar-refractivity contribution is 5.27. The normalized spacial score (nSPS) is 22.7. The zero-order valence-corrected chi connectivity index (χ0v) is 12.4. The maximum absolute atomic E-state index is 3.82. The standard InChI is InChI=1S/C19H23N/c1-14-6-10-16(11-7-14)18-4-3-5-19(20-18)17-12-8-15(2)9-13-17/h6-13,18-20H,3-5H2,1-2H3/t18-,19?/m1/s1. The van der Waals surface area contributed by atoms with Crippen molar-refractivity contribution < 1.29 is 0 Å². The van der Waals surface area contributed by atoms with E-state index in [1.54, 1.807) is 0 Å². The molecule has 1 aliphatic heterocycles. The van der Waals surface area contributed by atoms with Gasteiger partial charge in [0.05, 0.1) is 0 Å². The number of hydrogen-bond acceptors (Lipinski definition) is 1. The Morgan fingerprint density at radius 3 is 1.50 bits per heavy atom. The first kappa shape index (κ1) is 13.4. The molecule has 1 aliphatic rings. The second-order valence-electron chi connectivity index (χ2n) is 6.02. The average molecular weight is 265 g/mol. The van der Waals surface area contributed by atoms with Gasteiger partial charge in [-0.25, -0.2) is 0 Å². The minimum absolute atomic E-state index is 0.496. The molecule has 3 rings (SSSR count). The van der Waals surface area contributed by atoms with E-state index in [1.807, 2.05) is 0 Å². The molecular formula is C19H23N. The maximum Gasteiger partial charge on any atom is 0.0325 e. The summed E-state index contributed by atoms with van der Waals surface area (Å²) in [6, 6.07) is 18.9. The molecule has 0 aliphatic carbocycles. The van der Waals surface area contributed by atoms with Gasteiger partial charge in [0.25, 0.3) is 0 Å². The van der Waals surface area contributed by atoms with Gasteiger partial charge in [0.1, 0.15) is 0 Å². The van der Waals surface area contributed by atoms with Gasteiger partial charge in [-0.3, -0.25) is 0 Å². The summed E-state index contributed by atoms with van der Waals surface area (Å²) >= 11 is 0. The van der Waals surface area contributed by atoms with E-state index in [9.17, 15) is 0 Å². The summed E-state index contributed by atoms with van der Waals surface area (Å²) in [6.45, 7) is 4.29. The Morgan fingerprint density at radius 2 is 1.10 bits per heavy atom. The van der Waals surface area contributed by atoms with Crippen molar-refractivity contribution in [3.63, 3.8) is 0 Å². The van der Waals surface area contributed by atoms with Crippen LogP contribution in [0, 0.1) is 13.8 Å². The van der Waals surface area contributed by atoms with E-state index in [0.29, 0.717) is 12.1 Å². The maximum atomic E-state index is 3.82. The molecule has 0 amide bonds. The molecule has 1 nitrogen and oxygen atoms in total. The summed E-state index contributed by atoms with van der Waals surface area (Å²) in [7, 11) is 0. The summed E-state index contributed by atoms with van der Waals surface area (Å²) in [5, 5.41) is 3.82. The third kappa shape index (κ3) is 2.94. The molecule has 104 valence electrons. The lowest BCUT2D eigenvalue weighted by Gasteiger charge is -2.32. The topological polar surface area (TPSA) is 12.0 Å². The van der Waals surface area contributed by atoms with Gasteiger partial charge >= 0.3 is 0 Å². The number of aryl methyl sites for hydroxylation is 2. The van der Waals surface area contributed by atoms with Crippen LogP contribution in [0.2, 0.25) is 0 Å². The highest BCUT2D eigenvalue weighted by Gasteiger charge is 2.23.